The molecule has 5 heteroatoms. The SMILES string of the molecule is COc1cccc(C(=O)N2CCN(C(=O)CC(C)c3ccccc3)CC2)c1. The Kier molecular flexibility index (Phi) is 6.12. The molecule has 1 aliphatic heterocycles. The Morgan fingerprint density at radius 3 is 2.30 bits per heavy atom. The van der Waals surface area contributed by atoms with Crippen molar-refractivity contribution in [2.45, 2.75) is 19.3 Å². The van der Waals surface area contributed by atoms with Gasteiger partial charge in [-0.25, -0.2) is 0 Å². The van der Waals surface area contributed by atoms with Crippen LogP contribution >= 0.6 is 0 Å². The number of rotatable bonds is 5. The molecule has 2 amide bonds. The summed E-state index contributed by atoms with van der Waals surface area (Å²) in [5, 5.41) is 0. The van der Waals surface area contributed by atoms with Crippen LogP contribution in [0.2, 0.25) is 0 Å². The molecule has 0 aliphatic carbocycles. The highest BCUT2D eigenvalue weighted by Crippen LogP contribution is 2.21. The number of ether oxygens (including phenoxy) is 1. The molecule has 142 valence electrons. The van der Waals surface area contributed by atoms with Gasteiger partial charge in [0.2, 0.25) is 5.91 Å². The van der Waals surface area contributed by atoms with E-state index >= 15 is 0 Å². The van der Waals surface area contributed by atoms with Crippen LogP contribution in [0.25, 0.3) is 0 Å². The van der Waals surface area contributed by atoms with Crippen molar-refractivity contribution >= 4 is 11.8 Å². The van der Waals surface area contributed by atoms with Gasteiger partial charge < -0.3 is 14.5 Å². The van der Waals surface area contributed by atoms with Gasteiger partial charge in [0.05, 0.1) is 7.11 Å². The number of methoxy groups -OCH3 is 1. The third-order valence-corrected chi connectivity index (χ3v) is 5.09. The predicted molar refractivity (Wildman–Crippen MR) is 105 cm³/mol. The summed E-state index contributed by atoms with van der Waals surface area (Å²) in [5.74, 6) is 0.998. The highest BCUT2D eigenvalue weighted by molar-refractivity contribution is 5.94. The topological polar surface area (TPSA) is 49.9 Å². The molecule has 2 aromatic rings. The second-order valence-corrected chi connectivity index (χ2v) is 6.92. The van der Waals surface area contributed by atoms with Gasteiger partial charge in [0.15, 0.2) is 0 Å². The lowest BCUT2D eigenvalue weighted by Gasteiger charge is -2.35. The Balaban J connectivity index is 1.53. The first-order valence-electron chi connectivity index (χ1n) is 9.34. The molecule has 0 aromatic heterocycles. The van der Waals surface area contributed by atoms with E-state index in [1.807, 2.05) is 35.2 Å². The van der Waals surface area contributed by atoms with E-state index in [2.05, 4.69) is 19.1 Å². The van der Waals surface area contributed by atoms with E-state index < -0.39 is 0 Å². The molecule has 27 heavy (non-hydrogen) atoms. The summed E-state index contributed by atoms with van der Waals surface area (Å²) in [4.78, 5) is 29.0. The Hall–Kier alpha value is -2.82. The van der Waals surface area contributed by atoms with Gasteiger partial charge in [-0.1, -0.05) is 43.3 Å². The van der Waals surface area contributed by atoms with E-state index in [1.54, 1.807) is 24.1 Å². The number of nitrogens with zero attached hydrogens (tertiary/aromatic N) is 2. The molecule has 1 atom stereocenters. The minimum atomic E-state index is -0.0151. The number of carbonyl (C=O) groups excluding carboxylic acids is 2. The van der Waals surface area contributed by atoms with Crippen molar-refractivity contribution in [3.63, 3.8) is 0 Å². The molecular weight excluding hydrogens is 340 g/mol. The molecule has 2 aromatic carbocycles. The van der Waals surface area contributed by atoms with Gasteiger partial charge >= 0.3 is 0 Å². The van der Waals surface area contributed by atoms with Crippen LogP contribution in [0.15, 0.2) is 54.6 Å². The average Bonchev–Trinajstić information content (AvgIpc) is 2.74. The van der Waals surface area contributed by atoms with Crippen LogP contribution in [0.5, 0.6) is 5.75 Å². The zero-order valence-electron chi connectivity index (χ0n) is 15.9. The Morgan fingerprint density at radius 2 is 1.63 bits per heavy atom. The zero-order chi connectivity index (χ0) is 19.2. The fourth-order valence-corrected chi connectivity index (χ4v) is 3.39. The highest BCUT2D eigenvalue weighted by Gasteiger charge is 2.26. The normalized spacial score (nSPS) is 15.3. The molecule has 5 nitrogen and oxygen atoms in total. The third-order valence-electron chi connectivity index (χ3n) is 5.09. The molecule has 3 rings (SSSR count). The first-order valence-corrected chi connectivity index (χ1v) is 9.34. The summed E-state index contributed by atoms with van der Waals surface area (Å²) in [6.07, 6.45) is 0.494. The lowest BCUT2D eigenvalue weighted by Crippen LogP contribution is -2.50. The second-order valence-electron chi connectivity index (χ2n) is 6.92. The van der Waals surface area contributed by atoms with E-state index in [9.17, 15) is 9.59 Å². The van der Waals surface area contributed by atoms with Crippen LogP contribution in [-0.4, -0.2) is 54.9 Å². The van der Waals surface area contributed by atoms with Crippen molar-refractivity contribution in [3.05, 3.63) is 65.7 Å². The fraction of sp³-hybridized carbons (Fsp3) is 0.364. The van der Waals surface area contributed by atoms with E-state index in [-0.39, 0.29) is 17.7 Å². The van der Waals surface area contributed by atoms with Crippen molar-refractivity contribution in [2.24, 2.45) is 0 Å². The third kappa shape index (κ3) is 4.67. The van der Waals surface area contributed by atoms with Gasteiger partial charge in [-0.05, 0) is 29.7 Å². The van der Waals surface area contributed by atoms with Crippen LogP contribution in [-0.2, 0) is 4.79 Å². The molecule has 1 heterocycles. The summed E-state index contributed by atoms with van der Waals surface area (Å²) in [6.45, 7) is 4.35. The second kappa shape index (κ2) is 8.71. The minimum absolute atomic E-state index is 0.0151. The number of piperazine rings is 1. The number of carbonyl (C=O) groups is 2. The molecule has 1 saturated heterocycles. The smallest absolute Gasteiger partial charge is 0.254 e. The van der Waals surface area contributed by atoms with Crippen molar-refractivity contribution < 1.29 is 14.3 Å². The van der Waals surface area contributed by atoms with Gasteiger partial charge in [0, 0.05) is 38.2 Å². The van der Waals surface area contributed by atoms with E-state index in [0.29, 0.717) is 43.9 Å². The van der Waals surface area contributed by atoms with Crippen LogP contribution < -0.4 is 4.74 Å². The van der Waals surface area contributed by atoms with Gasteiger partial charge in [-0.15, -0.1) is 0 Å². The summed E-state index contributed by atoms with van der Waals surface area (Å²) < 4.78 is 5.19. The fourth-order valence-electron chi connectivity index (χ4n) is 3.39. The summed E-state index contributed by atoms with van der Waals surface area (Å²) in [7, 11) is 1.59. The monoisotopic (exact) mass is 366 g/mol. The quantitative estimate of drug-likeness (QED) is 0.817. The number of benzene rings is 2. The standard InChI is InChI=1S/C22H26N2O3/c1-17(18-7-4-3-5-8-18)15-21(25)23-11-13-24(14-12-23)22(26)19-9-6-10-20(16-19)27-2/h3-10,16-17H,11-15H2,1-2H3. The maximum Gasteiger partial charge on any atom is 0.254 e. The Bertz CT molecular complexity index is 783. The highest BCUT2D eigenvalue weighted by atomic mass is 16.5. The summed E-state index contributed by atoms with van der Waals surface area (Å²) in [5.41, 5.74) is 1.80. The van der Waals surface area contributed by atoms with Crippen molar-refractivity contribution in [2.75, 3.05) is 33.3 Å². The van der Waals surface area contributed by atoms with E-state index in [4.69, 9.17) is 4.74 Å². The van der Waals surface area contributed by atoms with Crippen LogP contribution in [0.3, 0.4) is 0 Å². The molecule has 0 N–H and O–H groups in total. The first kappa shape index (κ1) is 19.0. The van der Waals surface area contributed by atoms with Gasteiger partial charge in [-0.3, -0.25) is 9.59 Å². The first-order chi connectivity index (χ1) is 13.1. The lowest BCUT2D eigenvalue weighted by atomic mass is 9.97. The van der Waals surface area contributed by atoms with Crippen LogP contribution in [0.4, 0.5) is 0 Å². The average molecular weight is 366 g/mol. The molecule has 0 saturated carbocycles. The number of hydrogen-bond donors (Lipinski definition) is 0. The van der Waals surface area contributed by atoms with Gasteiger partial charge in [0.25, 0.3) is 5.91 Å². The molecule has 0 radical (unpaired) electrons. The maximum absolute atomic E-state index is 12.7. The van der Waals surface area contributed by atoms with Gasteiger partial charge in [0.1, 0.15) is 5.75 Å². The molecule has 0 bridgehead atoms. The molecule has 1 fully saturated rings. The minimum Gasteiger partial charge on any atom is -0.497 e. The molecular formula is C22H26N2O3. The molecule has 0 spiro atoms. The van der Waals surface area contributed by atoms with Crippen LogP contribution in [0.1, 0.15) is 35.2 Å². The van der Waals surface area contributed by atoms with Crippen molar-refractivity contribution in [1.82, 2.24) is 9.80 Å². The Morgan fingerprint density at radius 1 is 0.963 bits per heavy atom. The van der Waals surface area contributed by atoms with E-state index in [0.717, 1.165) is 0 Å². The van der Waals surface area contributed by atoms with E-state index in [1.165, 1.54) is 5.56 Å². The summed E-state index contributed by atoms with van der Waals surface area (Å²) >= 11 is 0. The van der Waals surface area contributed by atoms with Gasteiger partial charge in [-0.2, -0.15) is 0 Å². The summed E-state index contributed by atoms with van der Waals surface area (Å²) in [6, 6.07) is 17.3. The molecule has 1 aliphatic rings. The number of hydrogen-bond acceptors (Lipinski definition) is 3. The van der Waals surface area contributed by atoms with Crippen LogP contribution in [0, 0.1) is 0 Å². The number of amides is 2. The largest absolute Gasteiger partial charge is 0.497 e. The maximum atomic E-state index is 12.7. The lowest BCUT2D eigenvalue weighted by molar-refractivity contribution is -0.133. The van der Waals surface area contributed by atoms with Crippen molar-refractivity contribution in [3.8, 4) is 5.75 Å². The zero-order valence-corrected chi connectivity index (χ0v) is 15.9. The molecule has 1 unspecified atom stereocenters. The van der Waals surface area contributed by atoms with Crippen molar-refractivity contribution in [1.29, 1.82) is 0 Å². The predicted octanol–water partition coefficient (Wildman–Crippen LogP) is 3.17. The Labute approximate surface area is 160 Å².